The number of aromatic amines is 1. The minimum Gasteiger partial charge on any atom is -0.323 e. The van der Waals surface area contributed by atoms with E-state index in [1.807, 2.05) is 85.5 Å². The second kappa shape index (κ2) is 8.92. The molecule has 8 heteroatoms. The number of hydrogen-bond donors (Lipinski definition) is 2. The van der Waals surface area contributed by atoms with Gasteiger partial charge in [-0.15, -0.1) is 0 Å². The van der Waals surface area contributed by atoms with Gasteiger partial charge in [0.25, 0.3) is 0 Å². The molecule has 0 aliphatic carbocycles. The molecule has 0 aliphatic rings. The summed E-state index contributed by atoms with van der Waals surface area (Å²) in [6, 6.07) is 16.2. The molecule has 0 spiro atoms. The Bertz CT molecular complexity index is 1330. The van der Waals surface area contributed by atoms with Gasteiger partial charge in [-0.3, -0.25) is 14.5 Å². The Morgan fingerprint density at radius 1 is 1.06 bits per heavy atom. The standard InChI is InChI=1S/C24H26N6OS/c1-15-8-10-20(11-9-15)30-18(4)22(17(3)28-30)25-21(31)12-13-29-23(26-27-24(29)32)19-7-5-6-16(2)14-19/h5-11,14H,12-13H2,1-4H3,(H,25,31)(H,27,32). The second-order valence-corrected chi connectivity index (χ2v) is 8.35. The quantitative estimate of drug-likeness (QED) is 0.406. The van der Waals surface area contributed by atoms with Crippen LogP contribution in [0.1, 0.15) is 28.9 Å². The molecule has 0 unspecified atom stereocenters. The predicted molar refractivity (Wildman–Crippen MR) is 129 cm³/mol. The Kier molecular flexibility index (Phi) is 6.05. The normalized spacial score (nSPS) is 11.0. The highest BCUT2D eigenvalue weighted by Crippen LogP contribution is 2.24. The van der Waals surface area contributed by atoms with Gasteiger partial charge in [-0.25, -0.2) is 4.68 Å². The number of carbonyl (C=O) groups excluding carboxylic acids is 1. The van der Waals surface area contributed by atoms with Crippen molar-refractivity contribution in [2.24, 2.45) is 0 Å². The van der Waals surface area contributed by atoms with Crippen molar-refractivity contribution in [2.75, 3.05) is 5.32 Å². The molecule has 2 heterocycles. The maximum atomic E-state index is 12.8. The molecule has 0 bridgehead atoms. The molecule has 0 fully saturated rings. The second-order valence-electron chi connectivity index (χ2n) is 7.96. The predicted octanol–water partition coefficient (Wildman–Crippen LogP) is 5.06. The number of carbonyl (C=O) groups is 1. The summed E-state index contributed by atoms with van der Waals surface area (Å²) in [6.07, 6.45) is 0.265. The van der Waals surface area contributed by atoms with Gasteiger partial charge in [-0.2, -0.15) is 10.2 Å². The smallest absolute Gasteiger partial charge is 0.226 e. The summed E-state index contributed by atoms with van der Waals surface area (Å²) in [5.41, 5.74) is 6.65. The van der Waals surface area contributed by atoms with Crippen molar-refractivity contribution < 1.29 is 4.79 Å². The molecule has 0 radical (unpaired) electrons. The maximum absolute atomic E-state index is 12.8. The third-order valence-electron chi connectivity index (χ3n) is 5.43. The highest BCUT2D eigenvalue weighted by atomic mass is 32.1. The molecule has 2 aromatic carbocycles. The van der Waals surface area contributed by atoms with Crippen LogP contribution < -0.4 is 5.32 Å². The van der Waals surface area contributed by atoms with Crippen molar-refractivity contribution >= 4 is 23.8 Å². The first-order valence-electron chi connectivity index (χ1n) is 10.5. The van der Waals surface area contributed by atoms with Crippen LogP contribution in [0.4, 0.5) is 5.69 Å². The Morgan fingerprint density at radius 2 is 1.81 bits per heavy atom. The fourth-order valence-electron chi connectivity index (χ4n) is 3.71. The summed E-state index contributed by atoms with van der Waals surface area (Å²) >= 11 is 5.40. The molecule has 0 atom stereocenters. The van der Waals surface area contributed by atoms with Gasteiger partial charge in [0.1, 0.15) is 0 Å². The van der Waals surface area contributed by atoms with E-state index >= 15 is 0 Å². The summed E-state index contributed by atoms with van der Waals surface area (Å²) in [4.78, 5) is 12.8. The number of benzene rings is 2. The van der Waals surface area contributed by atoms with Crippen LogP contribution in [0.2, 0.25) is 0 Å². The van der Waals surface area contributed by atoms with Crippen LogP contribution in [0.25, 0.3) is 17.1 Å². The van der Waals surface area contributed by atoms with E-state index in [9.17, 15) is 4.79 Å². The van der Waals surface area contributed by atoms with Crippen molar-refractivity contribution in [3.63, 3.8) is 0 Å². The fourth-order valence-corrected chi connectivity index (χ4v) is 3.93. The molecular formula is C24H26N6OS. The highest BCUT2D eigenvalue weighted by molar-refractivity contribution is 7.71. The van der Waals surface area contributed by atoms with Crippen molar-refractivity contribution in [1.82, 2.24) is 24.5 Å². The van der Waals surface area contributed by atoms with E-state index < -0.39 is 0 Å². The van der Waals surface area contributed by atoms with Gasteiger partial charge < -0.3 is 5.32 Å². The molecule has 32 heavy (non-hydrogen) atoms. The summed E-state index contributed by atoms with van der Waals surface area (Å²) in [5, 5.41) is 14.8. The largest absolute Gasteiger partial charge is 0.323 e. The van der Waals surface area contributed by atoms with Gasteiger partial charge in [0.15, 0.2) is 10.6 Å². The third kappa shape index (κ3) is 4.40. The number of nitrogens with zero attached hydrogens (tertiary/aromatic N) is 4. The van der Waals surface area contributed by atoms with E-state index in [1.165, 1.54) is 5.56 Å². The molecule has 4 aromatic rings. The zero-order valence-corrected chi connectivity index (χ0v) is 19.5. The average molecular weight is 447 g/mol. The topological polar surface area (TPSA) is 80.5 Å². The molecular weight excluding hydrogens is 420 g/mol. The van der Waals surface area contributed by atoms with E-state index in [-0.39, 0.29) is 12.3 Å². The minimum atomic E-state index is -0.0991. The van der Waals surface area contributed by atoms with Crippen LogP contribution in [0.15, 0.2) is 48.5 Å². The van der Waals surface area contributed by atoms with Gasteiger partial charge in [0.2, 0.25) is 5.91 Å². The monoisotopic (exact) mass is 446 g/mol. The van der Waals surface area contributed by atoms with E-state index in [1.54, 1.807) is 0 Å². The Labute approximate surface area is 192 Å². The Hall–Kier alpha value is -3.52. The lowest BCUT2D eigenvalue weighted by atomic mass is 10.1. The lowest BCUT2D eigenvalue weighted by Gasteiger charge is -2.09. The zero-order valence-electron chi connectivity index (χ0n) is 18.6. The number of H-pyrrole nitrogens is 1. The van der Waals surface area contributed by atoms with Crippen LogP contribution in [-0.2, 0) is 11.3 Å². The summed E-state index contributed by atoms with van der Waals surface area (Å²) in [5.74, 6) is 0.629. The minimum absolute atomic E-state index is 0.0991. The van der Waals surface area contributed by atoms with Crippen molar-refractivity contribution in [3.8, 4) is 17.1 Å². The van der Waals surface area contributed by atoms with E-state index in [2.05, 4.69) is 20.6 Å². The van der Waals surface area contributed by atoms with Gasteiger partial charge in [-0.1, -0.05) is 41.5 Å². The first kappa shape index (κ1) is 21.7. The maximum Gasteiger partial charge on any atom is 0.226 e. The summed E-state index contributed by atoms with van der Waals surface area (Å²) in [6.45, 7) is 8.36. The molecule has 0 saturated carbocycles. The lowest BCUT2D eigenvalue weighted by molar-refractivity contribution is -0.116. The third-order valence-corrected chi connectivity index (χ3v) is 5.74. The van der Waals surface area contributed by atoms with Gasteiger partial charge in [0, 0.05) is 18.5 Å². The van der Waals surface area contributed by atoms with Crippen LogP contribution in [0.5, 0.6) is 0 Å². The molecule has 164 valence electrons. The molecule has 2 aromatic heterocycles. The Morgan fingerprint density at radius 3 is 2.53 bits per heavy atom. The molecule has 4 rings (SSSR count). The SMILES string of the molecule is Cc1ccc(-n2nc(C)c(NC(=O)CCn3c(-c4cccc(C)c4)n[nH]c3=S)c2C)cc1. The first-order chi connectivity index (χ1) is 15.3. The van der Waals surface area contributed by atoms with Crippen LogP contribution in [-0.4, -0.2) is 30.5 Å². The van der Waals surface area contributed by atoms with Gasteiger partial charge in [0.05, 0.1) is 22.8 Å². The summed E-state index contributed by atoms with van der Waals surface area (Å²) in [7, 11) is 0. The van der Waals surface area contributed by atoms with Crippen molar-refractivity contribution in [1.29, 1.82) is 0 Å². The number of amides is 1. The van der Waals surface area contributed by atoms with E-state index in [4.69, 9.17) is 12.2 Å². The zero-order chi connectivity index (χ0) is 22.8. The summed E-state index contributed by atoms with van der Waals surface area (Å²) < 4.78 is 4.21. The number of rotatable bonds is 6. The van der Waals surface area contributed by atoms with Crippen LogP contribution in [0.3, 0.4) is 0 Å². The molecule has 0 aliphatic heterocycles. The number of hydrogen-bond acceptors (Lipinski definition) is 4. The Balaban J connectivity index is 1.50. The molecule has 7 nitrogen and oxygen atoms in total. The van der Waals surface area contributed by atoms with Crippen molar-refractivity contribution in [3.05, 3.63) is 75.8 Å². The molecule has 0 saturated heterocycles. The fraction of sp³-hybridized carbons (Fsp3) is 0.250. The number of aromatic nitrogens is 5. The average Bonchev–Trinajstić information content (AvgIpc) is 3.27. The van der Waals surface area contributed by atoms with Gasteiger partial charge in [-0.05, 0) is 58.1 Å². The van der Waals surface area contributed by atoms with Crippen LogP contribution >= 0.6 is 12.2 Å². The molecule has 1 amide bonds. The van der Waals surface area contributed by atoms with E-state index in [0.717, 1.165) is 39.7 Å². The van der Waals surface area contributed by atoms with E-state index in [0.29, 0.717) is 11.3 Å². The van der Waals surface area contributed by atoms with Crippen LogP contribution in [0, 0.1) is 32.5 Å². The highest BCUT2D eigenvalue weighted by Gasteiger charge is 2.16. The van der Waals surface area contributed by atoms with Gasteiger partial charge >= 0.3 is 0 Å². The molecule has 2 N–H and O–H groups in total. The number of anilines is 1. The first-order valence-corrected chi connectivity index (χ1v) is 10.9. The number of nitrogens with one attached hydrogen (secondary N) is 2. The lowest BCUT2D eigenvalue weighted by Crippen LogP contribution is -2.16. The number of aryl methyl sites for hydroxylation is 3. The van der Waals surface area contributed by atoms with Crippen molar-refractivity contribution in [2.45, 2.75) is 40.7 Å².